The van der Waals surface area contributed by atoms with Gasteiger partial charge in [-0.2, -0.15) is 0 Å². The van der Waals surface area contributed by atoms with Crippen molar-refractivity contribution in [2.45, 2.75) is 12.1 Å². The molecule has 0 fully saturated rings. The molecular formula is C17H16ClN3O2S. The first-order valence-corrected chi connectivity index (χ1v) is 8.64. The average molecular weight is 362 g/mol. The molecule has 0 aliphatic carbocycles. The molecule has 0 bridgehead atoms. The second-order valence-corrected chi connectivity index (χ2v) is 6.62. The quantitative estimate of drug-likeness (QED) is 0.666. The summed E-state index contributed by atoms with van der Waals surface area (Å²) in [5.41, 5.74) is 3.37. The number of nitrogens with zero attached hydrogens (tertiary/aromatic N) is 1. The highest BCUT2D eigenvalue weighted by atomic mass is 35.5. The van der Waals surface area contributed by atoms with Crippen LogP contribution in [0.1, 0.15) is 5.56 Å². The van der Waals surface area contributed by atoms with Gasteiger partial charge in [0, 0.05) is 6.07 Å². The zero-order valence-electron chi connectivity index (χ0n) is 13.2. The Morgan fingerprint density at radius 3 is 2.92 bits per heavy atom. The minimum atomic E-state index is -0.135. The van der Waals surface area contributed by atoms with E-state index in [0.717, 1.165) is 22.3 Å². The largest absolute Gasteiger partial charge is 0.497 e. The fourth-order valence-corrected chi connectivity index (χ4v) is 3.17. The number of thioether (sulfide) groups is 1. The highest BCUT2D eigenvalue weighted by molar-refractivity contribution is 7.99. The summed E-state index contributed by atoms with van der Waals surface area (Å²) in [5.74, 6) is 0.861. The summed E-state index contributed by atoms with van der Waals surface area (Å²) < 4.78 is 5.18. The summed E-state index contributed by atoms with van der Waals surface area (Å²) >= 11 is 7.45. The number of H-pyrrole nitrogens is 1. The molecule has 0 atom stereocenters. The minimum absolute atomic E-state index is 0.135. The molecule has 0 saturated heterocycles. The number of amides is 1. The van der Waals surface area contributed by atoms with Gasteiger partial charge in [0.1, 0.15) is 5.75 Å². The number of nitrogens with one attached hydrogen (secondary N) is 2. The van der Waals surface area contributed by atoms with Crippen molar-refractivity contribution in [3.63, 3.8) is 0 Å². The molecule has 0 spiro atoms. The predicted molar refractivity (Wildman–Crippen MR) is 98.2 cm³/mol. The van der Waals surface area contributed by atoms with Gasteiger partial charge in [0.05, 0.1) is 34.6 Å². The molecule has 0 aliphatic heterocycles. The third-order valence-corrected chi connectivity index (χ3v) is 4.59. The van der Waals surface area contributed by atoms with Gasteiger partial charge in [0.2, 0.25) is 5.91 Å². The van der Waals surface area contributed by atoms with Crippen LogP contribution in [0.25, 0.3) is 11.0 Å². The van der Waals surface area contributed by atoms with Crippen molar-refractivity contribution in [3.8, 4) is 5.75 Å². The normalized spacial score (nSPS) is 10.8. The van der Waals surface area contributed by atoms with E-state index < -0.39 is 0 Å². The van der Waals surface area contributed by atoms with E-state index >= 15 is 0 Å². The first-order chi connectivity index (χ1) is 11.5. The Labute approximate surface area is 148 Å². The van der Waals surface area contributed by atoms with E-state index in [0.29, 0.717) is 15.9 Å². The van der Waals surface area contributed by atoms with E-state index in [1.54, 1.807) is 13.2 Å². The lowest BCUT2D eigenvalue weighted by atomic mass is 10.2. The molecule has 2 aromatic carbocycles. The Hall–Kier alpha value is -2.18. The number of aryl methyl sites for hydroxylation is 1. The van der Waals surface area contributed by atoms with Crippen LogP contribution in [0.4, 0.5) is 5.69 Å². The van der Waals surface area contributed by atoms with Crippen LogP contribution in [-0.2, 0) is 4.79 Å². The maximum absolute atomic E-state index is 12.1. The van der Waals surface area contributed by atoms with Crippen molar-refractivity contribution < 1.29 is 9.53 Å². The molecule has 0 saturated carbocycles. The van der Waals surface area contributed by atoms with Gasteiger partial charge < -0.3 is 15.0 Å². The van der Waals surface area contributed by atoms with Crippen LogP contribution in [0.15, 0.2) is 41.6 Å². The van der Waals surface area contributed by atoms with E-state index in [9.17, 15) is 4.79 Å². The van der Waals surface area contributed by atoms with E-state index in [4.69, 9.17) is 16.3 Å². The molecule has 0 radical (unpaired) electrons. The monoisotopic (exact) mass is 361 g/mol. The van der Waals surface area contributed by atoms with Crippen molar-refractivity contribution in [1.29, 1.82) is 0 Å². The Balaban J connectivity index is 1.63. The number of anilines is 1. The van der Waals surface area contributed by atoms with Crippen molar-refractivity contribution in [1.82, 2.24) is 9.97 Å². The molecular weight excluding hydrogens is 346 g/mol. The summed E-state index contributed by atoms with van der Waals surface area (Å²) in [4.78, 5) is 19.7. The average Bonchev–Trinajstić information content (AvgIpc) is 2.97. The topological polar surface area (TPSA) is 67.0 Å². The predicted octanol–water partition coefficient (Wildman–Crippen LogP) is 4.26. The summed E-state index contributed by atoms with van der Waals surface area (Å²) in [5, 5.41) is 4.02. The van der Waals surface area contributed by atoms with Gasteiger partial charge in [-0.1, -0.05) is 29.4 Å². The molecule has 124 valence electrons. The number of aromatic nitrogens is 2. The third-order valence-electron chi connectivity index (χ3n) is 3.41. The van der Waals surface area contributed by atoms with Crippen LogP contribution in [0, 0.1) is 6.92 Å². The van der Waals surface area contributed by atoms with Crippen LogP contribution >= 0.6 is 23.4 Å². The zero-order valence-corrected chi connectivity index (χ0v) is 14.8. The van der Waals surface area contributed by atoms with Crippen LogP contribution in [0.3, 0.4) is 0 Å². The number of hydrogen-bond donors (Lipinski definition) is 2. The summed E-state index contributed by atoms with van der Waals surface area (Å²) in [6.07, 6.45) is 0. The molecule has 3 aromatic rings. The number of hydrogen-bond acceptors (Lipinski definition) is 4. The molecule has 1 amide bonds. The van der Waals surface area contributed by atoms with Gasteiger partial charge in [-0.25, -0.2) is 4.98 Å². The Kier molecular flexibility index (Phi) is 4.97. The number of halogens is 1. The second-order valence-electron chi connectivity index (χ2n) is 5.25. The molecule has 0 unspecified atom stereocenters. The maximum atomic E-state index is 12.1. The molecule has 1 heterocycles. The Morgan fingerprint density at radius 1 is 1.33 bits per heavy atom. The van der Waals surface area contributed by atoms with Crippen molar-refractivity contribution in [2.24, 2.45) is 0 Å². The lowest BCUT2D eigenvalue weighted by Gasteiger charge is -2.07. The lowest BCUT2D eigenvalue weighted by Crippen LogP contribution is -2.14. The second kappa shape index (κ2) is 7.15. The minimum Gasteiger partial charge on any atom is -0.497 e. The highest BCUT2D eigenvalue weighted by Crippen LogP contribution is 2.25. The van der Waals surface area contributed by atoms with Gasteiger partial charge in [-0.05, 0) is 36.8 Å². The maximum Gasteiger partial charge on any atom is 0.234 e. The van der Waals surface area contributed by atoms with Gasteiger partial charge in [0.15, 0.2) is 5.16 Å². The molecule has 7 heteroatoms. The summed E-state index contributed by atoms with van der Waals surface area (Å²) in [6, 6.07) is 11.1. The molecule has 2 N–H and O–H groups in total. The van der Waals surface area contributed by atoms with E-state index in [1.165, 1.54) is 11.8 Å². The van der Waals surface area contributed by atoms with Crippen molar-refractivity contribution in [2.75, 3.05) is 18.2 Å². The Bertz CT molecular complexity index is 895. The number of carbonyl (C=O) groups excluding carboxylic acids is 1. The first kappa shape index (κ1) is 16.7. The van der Waals surface area contributed by atoms with E-state index in [2.05, 4.69) is 15.3 Å². The molecule has 0 aliphatic rings. The van der Waals surface area contributed by atoms with Gasteiger partial charge in [-0.3, -0.25) is 4.79 Å². The molecule has 1 aromatic heterocycles. The van der Waals surface area contributed by atoms with Crippen LogP contribution in [-0.4, -0.2) is 28.7 Å². The van der Waals surface area contributed by atoms with Crippen molar-refractivity contribution in [3.05, 3.63) is 47.0 Å². The van der Waals surface area contributed by atoms with Gasteiger partial charge in [0.25, 0.3) is 0 Å². The third kappa shape index (κ3) is 3.83. The fraction of sp³-hybridized carbons (Fsp3) is 0.176. The number of methoxy groups -OCH3 is 1. The van der Waals surface area contributed by atoms with Crippen molar-refractivity contribution >= 4 is 46.0 Å². The number of fused-ring (bicyclic) bond motifs is 1. The van der Waals surface area contributed by atoms with Crippen LogP contribution in [0.5, 0.6) is 5.75 Å². The first-order valence-electron chi connectivity index (χ1n) is 7.28. The van der Waals surface area contributed by atoms with E-state index in [-0.39, 0.29) is 11.7 Å². The van der Waals surface area contributed by atoms with Crippen LogP contribution < -0.4 is 10.1 Å². The zero-order chi connectivity index (χ0) is 17.1. The molecule has 5 nitrogen and oxygen atoms in total. The lowest BCUT2D eigenvalue weighted by molar-refractivity contribution is -0.113. The van der Waals surface area contributed by atoms with E-state index in [1.807, 2.05) is 37.3 Å². The molecule has 24 heavy (non-hydrogen) atoms. The Morgan fingerprint density at radius 2 is 2.17 bits per heavy atom. The fourth-order valence-electron chi connectivity index (χ4n) is 2.20. The smallest absolute Gasteiger partial charge is 0.234 e. The number of carbonyl (C=O) groups is 1. The standard InChI is InChI=1S/C17H16ClN3O2S/c1-10-3-5-13(12(18)7-10)19-16(22)9-24-17-20-14-6-4-11(23-2)8-15(14)21-17/h3-8H,9H2,1-2H3,(H,19,22)(H,20,21). The summed E-state index contributed by atoms with van der Waals surface area (Å²) in [7, 11) is 1.62. The molecule has 3 rings (SSSR count). The SMILES string of the molecule is COc1ccc2nc(SCC(=O)Nc3ccc(C)cc3Cl)[nH]c2c1. The van der Waals surface area contributed by atoms with Crippen LogP contribution in [0.2, 0.25) is 5.02 Å². The van der Waals surface area contributed by atoms with Gasteiger partial charge >= 0.3 is 0 Å². The van der Waals surface area contributed by atoms with Gasteiger partial charge in [-0.15, -0.1) is 0 Å². The summed E-state index contributed by atoms with van der Waals surface area (Å²) in [6.45, 7) is 1.95. The number of imidazole rings is 1. The number of benzene rings is 2. The highest BCUT2D eigenvalue weighted by Gasteiger charge is 2.09. The number of ether oxygens (including phenoxy) is 1. The number of rotatable bonds is 5. The number of aromatic amines is 1.